The number of hydrogen-bond acceptors (Lipinski definition) is 5. The van der Waals surface area contributed by atoms with Crippen LogP contribution in [-0.4, -0.2) is 34.9 Å². The minimum Gasteiger partial charge on any atom is -0.508 e. The van der Waals surface area contributed by atoms with Gasteiger partial charge in [0.05, 0.1) is 24.8 Å². The fraction of sp³-hybridized carbons (Fsp3) is 0.0800. The van der Waals surface area contributed by atoms with Gasteiger partial charge in [0.1, 0.15) is 5.75 Å². The Hall–Kier alpha value is -4.19. The third-order valence-corrected chi connectivity index (χ3v) is 5.14. The second-order valence-electron chi connectivity index (χ2n) is 7.06. The fourth-order valence-electron chi connectivity index (χ4n) is 3.46. The zero-order valence-corrected chi connectivity index (χ0v) is 16.7. The highest BCUT2D eigenvalue weighted by Gasteiger charge is 2.35. The standard InChI is InChI=1S/C25H19NO5/c1-31-23(28)13-8-16-6-9-17(10-7-16)18-11-12-22(27)19(14-18)15-26-24(29)20-4-2-3-5-21(20)25(26)30/h2-14,27H,15H2,1H3/b13-8+. The van der Waals surface area contributed by atoms with E-state index in [1.165, 1.54) is 13.2 Å². The summed E-state index contributed by atoms with van der Waals surface area (Å²) < 4.78 is 4.58. The van der Waals surface area contributed by atoms with Crippen molar-refractivity contribution in [1.82, 2.24) is 4.90 Å². The van der Waals surface area contributed by atoms with E-state index in [9.17, 15) is 19.5 Å². The highest BCUT2D eigenvalue weighted by atomic mass is 16.5. The number of phenols is 1. The maximum absolute atomic E-state index is 12.6. The molecule has 0 spiro atoms. The molecule has 1 heterocycles. The number of imide groups is 1. The van der Waals surface area contributed by atoms with E-state index in [4.69, 9.17) is 0 Å². The Labute approximate surface area is 179 Å². The quantitative estimate of drug-likeness (QED) is 0.388. The molecule has 0 atom stereocenters. The predicted octanol–water partition coefficient (Wildman–Crippen LogP) is 4.04. The number of phenolic OH excluding ortho intramolecular Hbond substituents is 1. The molecule has 0 saturated carbocycles. The summed E-state index contributed by atoms with van der Waals surface area (Å²) in [6.45, 7) is -0.0219. The molecule has 0 aliphatic carbocycles. The van der Waals surface area contributed by atoms with E-state index < -0.39 is 5.97 Å². The minimum absolute atomic E-state index is 0.0120. The van der Waals surface area contributed by atoms with Crippen LogP contribution in [0.2, 0.25) is 0 Å². The van der Waals surface area contributed by atoms with Crippen molar-refractivity contribution in [3.8, 4) is 16.9 Å². The molecule has 0 radical (unpaired) electrons. The van der Waals surface area contributed by atoms with Gasteiger partial charge in [-0.25, -0.2) is 4.79 Å². The molecule has 0 bridgehead atoms. The Morgan fingerprint density at radius 2 is 1.55 bits per heavy atom. The Kier molecular flexibility index (Phi) is 5.37. The van der Waals surface area contributed by atoms with Gasteiger partial charge in [0.2, 0.25) is 0 Å². The van der Waals surface area contributed by atoms with Gasteiger partial charge in [0.15, 0.2) is 0 Å². The number of fused-ring (bicyclic) bond motifs is 1. The van der Waals surface area contributed by atoms with Gasteiger partial charge in [-0.1, -0.05) is 42.5 Å². The molecule has 0 unspecified atom stereocenters. The van der Waals surface area contributed by atoms with Crippen molar-refractivity contribution in [3.63, 3.8) is 0 Å². The number of hydrogen-bond donors (Lipinski definition) is 1. The number of carbonyl (C=O) groups excluding carboxylic acids is 3. The average Bonchev–Trinajstić information content (AvgIpc) is 3.04. The molecule has 3 aromatic rings. The molecule has 31 heavy (non-hydrogen) atoms. The number of benzene rings is 3. The smallest absolute Gasteiger partial charge is 0.330 e. The molecule has 1 N–H and O–H groups in total. The van der Waals surface area contributed by atoms with Crippen molar-refractivity contribution < 1.29 is 24.2 Å². The SMILES string of the molecule is COC(=O)/C=C/c1ccc(-c2ccc(O)c(CN3C(=O)c4ccccc4C3=O)c2)cc1. The molecule has 4 rings (SSSR count). The molecule has 154 valence electrons. The van der Waals surface area contributed by atoms with Crippen LogP contribution < -0.4 is 0 Å². The Balaban J connectivity index is 1.57. The molecule has 0 fully saturated rings. The van der Waals surface area contributed by atoms with Crippen molar-refractivity contribution in [3.05, 3.63) is 95.1 Å². The lowest BCUT2D eigenvalue weighted by Gasteiger charge is -2.16. The molecule has 6 nitrogen and oxygen atoms in total. The summed E-state index contributed by atoms with van der Waals surface area (Å²) in [6.07, 6.45) is 3.00. The van der Waals surface area contributed by atoms with Gasteiger partial charge >= 0.3 is 5.97 Å². The lowest BCUT2D eigenvalue weighted by Crippen LogP contribution is -2.29. The monoisotopic (exact) mass is 413 g/mol. The van der Waals surface area contributed by atoms with E-state index in [0.29, 0.717) is 16.7 Å². The van der Waals surface area contributed by atoms with Crippen LogP contribution in [0.5, 0.6) is 5.75 Å². The second-order valence-corrected chi connectivity index (χ2v) is 7.06. The van der Waals surface area contributed by atoms with E-state index in [1.807, 2.05) is 24.3 Å². The van der Waals surface area contributed by atoms with Crippen molar-refractivity contribution in [2.75, 3.05) is 7.11 Å². The molecule has 3 aromatic carbocycles. The molecule has 1 aliphatic heterocycles. The maximum Gasteiger partial charge on any atom is 0.330 e. The van der Waals surface area contributed by atoms with Gasteiger partial charge in [-0.05, 0) is 47.0 Å². The van der Waals surface area contributed by atoms with E-state index in [-0.39, 0.29) is 24.1 Å². The molecule has 0 aromatic heterocycles. The van der Waals surface area contributed by atoms with E-state index >= 15 is 0 Å². The first-order chi connectivity index (χ1) is 15.0. The Morgan fingerprint density at radius 1 is 0.935 bits per heavy atom. The average molecular weight is 413 g/mol. The first-order valence-corrected chi connectivity index (χ1v) is 9.61. The van der Waals surface area contributed by atoms with Crippen molar-refractivity contribution >= 4 is 23.9 Å². The number of carbonyl (C=O) groups is 3. The van der Waals surface area contributed by atoms with Crippen LogP contribution in [0.15, 0.2) is 72.8 Å². The number of ether oxygens (including phenoxy) is 1. The third-order valence-electron chi connectivity index (χ3n) is 5.14. The molecule has 2 amide bonds. The summed E-state index contributed by atoms with van der Waals surface area (Å²) in [5, 5.41) is 10.3. The number of esters is 1. The van der Waals surface area contributed by atoms with Gasteiger partial charge in [-0.2, -0.15) is 0 Å². The first-order valence-electron chi connectivity index (χ1n) is 9.61. The van der Waals surface area contributed by atoms with Crippen LogP contribution in [0, 0.1) is 0 Å². The largest absolute Gasteiger partial charge is 0.508 e. The van der Waals surface area contributed by atoms with Gasteiger partial charge < -0.3 is 9.84 Å². The summed E-state index contributed by atoms with van der Waals surface area (Å²) in [7, 11) is 1.32. The van der Waals surface area contributed by atoms with Gasteiger partial charge in [0.25, 0.3) is 11.8 Å². The fourth-order valence-corrected chi connectivity index (χ4v) is 3.46. The number of methoxy groups -OCH3 is 1. The van der Waals surface area contributed by atoms with E-state index in [2.05, 4.69) is 4.74 Å². The van der Waals surface area contributed by atoms with E-state index in [0.717, 1.165) is 21.6 Å². The van der Waals surface area contributed by atoms with Gasteiger partial charge in [-0.3, -0.25) is 14.5 Å². The lowest BCUT2D eigenvalue weighted by molar-refractivity contribution is -0.134. The zero-order chi connectivity index (χ0) is 22.0. The molecular weight excluding hydrogens is 394 g/mol. The van der Waals surface area contributed by atoms with Crippen LogP contribution in [-0.2, 0) is 16.1 Å². The third kappa shape index (κ3) is 3.96. The molecule has 6 heteroatoms. The predicted molar refractivity (Wildman–Crippen MR) is 115 cm³/mol. The minimum atomic E-state index is -0.430. The van der Waals surface area contributed by atoms with Gasteiger partial charge in [-0.15, -0.1) is 0 Å². The van der Waals surface area contributed by atoms with Crippen LogP contribution in [0.4, 0.5) is 0 Å². The van der Waals surface area contributed by atoms with Crippen molar-refractivity contribution in [1.29, 1.82) is 0 Å². The summed E-state index contributed by atoms with van der Waals surface area (Å²) in [5.74, 6) is -1.15. The van der Waals surface area contributed by atoms with E-state index in [1.54, 1.807) is 48.5 Å². The lowest BCUT2D eigenvalue weighted by atomic mass is 10.0. The van der Waals surface area contributed by atoms with Crippen LogP contribution in [0.25, 0.3) is 17.2 Å². The number of amides is 2. The topological polar surface area (TPSA) is 83.9 Å². The number of rotatable bonds is 5. The number of aromatic hydroxyl groups is 1. The summed E-state index contributed by atoms with van der Waals surface area (Å²) in [4.78, 5) is 37.6. The van der Waals surface area contributed by atoms with Gasteiger partial charge in [0, 0.05) is 11.6 Å². The highest BCUT2D eigenvalue weighted by Crippen LogP contribution is 2.30. The van der Waals surface area contributed by atoms with Crippen LogP contribution in [0.1, 0.15) is 31.8 Å². The molecule has 1 aliphatic rings. The van der Waals surface area contributed by atoms with Crippen molar-refractivity contribution in [2.24, 2.45) is 0 Å². The first kappa shape index (κ1) is 20.1. The highest BCUT2D eigenvalue weighted by molar-refractivity contribution is 6.21. The molecular formula is C25H19NO5. The summed E-state index contributed by atoms with van der Waals surface area (Å²) in [6, 6.07) is 19.2. The Bertz CT molecular complexity index is 1180. The van der Waals surface area contributed by atoms with Crippen LogP contribution in [0.3, 0.4) is 0 Å². The maximum atomic E-state index is 12.6. The summed E-state index contributed by atoms with van der Waals surface area (Å²) >= 11 is 0. The normalized spacial score (nSPS) is 13.0. The molecule has 0 saturated heterocycles. The van der Waals surface area contributed by atoms with Crippen molar-refractivity contribution in [2.45, 2.75) is 6.54 Å². The van der Waals surface area contributed by atoms with Crippen LogP contribution >= 0.6 is 0 Å². The Morgan fingerprint density at radius 3 is 2.16 bits per heavy atom. The summed E-state index contributed by atoms with van der Waals surface area (Å²) in [5.41, 5.74) is 3.77. The zero-order valence-electron chi connectivity index (χ0n) is 16.7. The number of nitrogens with zero attached hydrogens (tertiary/aromatic N) is 1. The second kappa shape index (κ2) is 8.28.